The Balaban J connectivity index is 1.82. The number of hydrogen-bond donors (Lipinski definition) is 2. The molecule has 3 aromatic rings. The molecular formula is C17H12N2O3S. The van der Waals surface area contributed by atoms with E-state index in [4.69, 9.17) is 5.11 Å². The van der Waals surface area contributed by atoms with Gasteiger partial charge >= 0.3 is 5.97 Å². The second-order valence-corrected chi connectivity index (χ2v) is 5.82. The number of aromatic carboxylic acids is 1. The van der Waals surface area contributed by atoms with Gasteiger partial charge in [-0.05, 0) is 42.0 Å². The highest BCUT2D eigenvalue weighted by Crippen LogP contribution is 2.29. The van der Waals surface area contributed by atoms with Crippen LogP contribution in [0.25, 0.3) is 10.4 Å². The minimum absolute atomic E-state index is 0.220. The number of carbonyl (C=O) groups excluding carboxylic acids is 1. The van der Waals surface area contributed by atoms with E-state index >= 15 is 0 Å². The monoisotopic (exact) mass is 324 g/mol. The topological polar surface area (TPSA) is 79.3 Å². The lowest BCUT2D eigenvalue weighted by atomic mass is 10.1. The predicted molar refractivity (Wildman–Crippen MR) is 88.9 cm³/mol. The van der Waals surface area contributed by atoms with Gasteiger partial charge in [0.1, 0.15) is 4.88 Å². The first kappa shape index (κ1) is 14.9. The van der Waals surface area contributed by atoms with Crippen LogP contribution in [0.1, 0.15) is 20.0 Å². The molecule has 0 spiro atoms. The maximum atomic E-state index is 12.1. The summed E-state index contributed by atoms with van der Waals surface area (Å²) in [4.78, 5) is 28.1. The zero-order valence-electron chi connectivity index (χ0n) is 11.9. The molecule has 0 radical (unpaired) electrons. The predicted octanol–water partition coefficient (Wildman–Crippen LogP) is 3.76. The maximum Gasteiger partial charge on any atom is 0.345 e. The van der Waals surface area contributed by atoms with Crippen LogP contribution in [-0.2, 0) is 0 Å². The summed E-state index contributed by atoms with van der Waals surface area (Å²) in [6, 6.07) is 13.9. The number of benzene rings is 1. The van der Waals surface area contributed by atoms with E-state index in [2.05, 4.69) is 10.3 Å². The maximum absolute atomic E-state index is 12.1. The SMILES string of the molecule is O=C(Nc1cccc(-c2ccc(C(=O)O)s2)c1)c1ccncc1. The van der Waals surface area contributed by atoms with Crippen LogP contribution in [0, 0.1) is 0 Å². The van der Waals surface area contributed by atoms with Gasteiger partial charge in [0.15, 0.2) is 0 Å². The van der Waals surface area contributed by atoms with E-state index in [1.54, 1.807) is 42.7 Å². The number of hydrogen-bond acceptors (Lipinski definition) is 4. The number of carbonyl (C=O) groups is 2. The van der Waals surface area contributed by atoms with Crippen LogP contribution < -0.4 is 5.32 Å². The number of carboxylic acid groups (broad SMARTS) is 1. The molecule has 0 aliphatic heterocycles. The van der Waals surface area contributed by atoms with Crippen molar-refractivity contribution in [2.75, 3.05) is 5.32 Å². The van der Waals surface area contributed by atoms with Crippen LogP contribution in [-0.4, -0.2) is 22.0 Å². The summed E-state index contributed by atoms with van der Waals surface area (Å²) < 4.78 is 0. The molecule has 0 fully saturated rings. The number of anilines is 1. The number of thiophene rings is 1. The molecule has 0 saturated carbocycles. The Hall–Kier alpha value is -2.99. The Morgan fingerprint density at radius 1 is 1.04 bits per heavy atom. The first-order valence-electron chi connectivity index (χ1n) is 6.78. The summed E-state index contributed by atoms with van der Waals surface area (Å²) >= 11 is 1.20. The Morgan fingerprint density at radius 2 is 1.83 bits per heavy atom. The number of nitrogens with one attached hydrogen (secondary N) is 1. The molecule has 0 atom stereocenters. The summed E-state index contributed by atoms with van der Waals surface area (Å²) in [6.45, 7) is 0. The van der Waals surface area contributed by atoms with Gasteiger partial charge in [0.25, 0.3) is 5.91 Å². The van der Waals surface area contributed by atoms with Crippen LogP contribution in [0.4, 0.5) is 5.69 Å². The van der Waals surface area contributed by atoms with Gasteiger partial charge < -0.3 is 10.4 Å². The molecule has 0 aliphatic rings. The number of carboxylic acids is 1. The molecule has 1 aromatic carbocycles. The van der Waals surface area contributed by atoms with E-state index < -0.39 is 5.97 Å². The molecule has 0 bridgehead atoms. The van der Waals surface area contributed by atoms with Gasteiger partial charge in [0, 0.05) is 28.5 Å². The molecule has 2 aromatic heterocycles. The number of amides is 1. The highest BCUT2D eigenvalue weighted by Gasteiger charge is 2.10. The van der Waals surface area contributed by atoms with E-state index in [9.17, 15) is 9.59 Å². The fourth-order valence-corrected chi connectivity index (χ4v) is 2.91. The zero-order valence-corrected chi connectivity index (χ0v) is 12.7. The van der Waals surface area contributed by atoms with Crippen molar-refractivity contribution >= 4 is 28.9 Å². The smallest absolute Gasteiger partial charge is 0.345 e. The van der Waals surface area contributed by atoms with Crippen molar-refractivity contribution in [3.05, 3.63) is 71.4 Å². The van der Waals surface area contributed by atoms with Gasteiger partial charge in [-0.3, -0.25) is 9.78 Å². The van der Waals surface area contributed by atoms with Gasteiger partial charge in [0.2, 0.25) is 0 Å². The molecule has 6 heteroatoms. The van der Waals surface area contributed by atoms with Gasteiger partial charge in [0.05, 0.1) is 0 Å². The number of nitrogens with zero attached hydrogens (tertiary/aromatic N) is 1. The third-order valence-corrected chi connectivity index (χ3v) is 4.29. The first-order valence-corrected chi connectivity index (χ1v) is 7.60. The molecule has 23 heavy (non-hydrogen) atoms. The van der Waals surface area contributed by atoms with Crippen molar-refractivity contribution in [1.29, 1.82) is 0 Å². The Bertz CT molecular complexity index is 859. The summed E-state index contributed by atoms with van der Waals surface area (Å²) in [5.74, 6) is -1.16. The minimum atomic E-state index is -0.941. The van der Waals surface area contributed by atoms with Crippen LogP contribution in [0.2, 0.25) is 0 Å². The highest BCUT2D eigenvalue weighted by molar-refractivity contribution is 7.17. The first-order chi connectivity index (χ1) is 11.1. The van der Waals surface area contributed by atoms with E-state index in [-0.39, 0.29) is 10.8 Å². The lowest BCUT2D eigenvalue weighted by Gasteiger charge is -2.06. The highest BCUT2D eigenvalue weighted by atomic mass is 32.1. The van der Waals surface area contributed by atoms with Gasteiger partial charge in [-0.2, -0.15) is 0 Å². The average Bonchev–Trinajstić information content (AvgIpc) is 3.06. The number of pyridine rings is 1. The van der Waals surface area contributed by atoms with Gasteiger partial charge in [-0.25, -0.2) is 4.79 Å². The average molecular weight is 324 g/mol. The second-order valence-electron chi connectivity index (χ2n) is 4.74. The fourth-order valence-electron chi connectivity index (χ4n) is 2.06. The van der Waals surface area contributed by atoms with Gasteiger partial charge in [-0.15, -0.1) is 11.3 Å². The molecular weight excluding hydrogens is 312 g/mol. The van der Waals surface area contributed by atoms with Crippen molar-refractivity contribution < 1.29 is 14.7 Å². The Kier molecular flexibility index (Phi) is 4.16. The van der Waals surface area contributed by atoms with Crippen LogP contribution in [0.15, 0.2) is 60.9 Å². The van der Waals surface area contributed by atoms with Crippen LogP contribution in [0.5, 0.6) is 0 Å². The summed E-state index contributed by atoms with van der Waals surface area (Å²) in [5.41, 5.74) is 2.03. The van der Waals surface area contributed by atoms with E-state index in [1.165, 1.54) is 11.3 Å². The van der Waals surface area contributed by atoms with Crippen molar-refractivity contribution in [2.45, 2.75) is 0 Å². The van der Waals surface area contributed by atoms with Crippen LogP contribution in [0.3, 0.4) is 0 Å². The van der Waals surface area contributed by atoms with E-state index in [1.807, 2.05) is 18.2 Å². The van der Waals surface area contributed by atoms with Crippen molar-refractivity contribution in [3.8, 4) is 10.4 Å². The Labute approximate surface area is 136 Å². The van der Waals surface area contributed by atoms with Crippen molar-refractivity contribution in [3.63, 3.8) is 0 Å². The molecule has 114 valence electrons. The molecule has 5 nitrogen and oxygen atoms in total. The molecule has 0 unspecified atom stereocenters. The largest absolute Gasteiger partial charge is 0.477 e. The summed E-state index contributed by atoms with van der Waals surface area (Å²) in [7, 11) is 0. The third kappa shape index (κ3) is 3.44. The molecule has 1 amide bonds. The fraction of sp³-hybridized carbons (Fsp3) is 0. The lowest BCUT2D eigenvalue weighted by Crippen LogP contribution is -2.11. The van der Waals surface area contributed by atoms with Crippen molar-refractivity contribution in [2.24, 2.45) is 0 Å². The quantitative estimate of drug-likeness (QED) is 0.766. The second kappa shape index (κ2) is 6.41. The molecule has 2 heterocycles. The summed E-state index contributed by atoms with van der Waals surface area (Å²) in [6.07, 6.45) is 3.12. The third-order valence-electron chi connectivity index (χ3n) is 3.16. The Morgan fingerprint density at radius 3 is 2.52 bits per heavy atom. The van der Waals surface area contributed by atoms with Crippen molar-refractivity contribution in [1.82, 2.24) is 4.98 Å². The molecule has 2 N–H and O–H groups in total. The molecule has 0 aliphatic carbocycles. The lowest BCUT2D eigenvalue weighted by molar-refractivity contribution is 0.0702. The minimum Gasteiger partial charge on any atom is -0.477 e. The number of rotatable bonds is 4. The molecule has 3 rings (SSSR count). The van der Waals surface area contributed by atoms with Crippen LogP contribution >= 0.6 is 11.3 Å². The summed E-state index contributed by atoms with van der Waals surface area (Å²) in [5, 5.41) is 11.8. The van der Waals surface area contributed by atoms with E-state index in [0.717, 1.165) is 10.4 Å². The molecule has 0 saturated heterocycles. The van der Waals surface area contributed by atoms with Gasteiger partial charge in [-0.1, -0.05) is 12.1 Å². The zero-order chi connectivity index (χ0) is 16.2. The number of aromatic nitrogens is 1. The van der Waals surface area contributed by atoms with E-state index in [0.29, 0.717) is 11.3 Å². The normalized spacial score (nSPS) is 10.3. The standard InChI is InChI=1S/C17H12N2O3S/c20-16(11-6-8-18-9-7-11)19-13-3-1-2-12(10-13)14-4-5-15(23-14)17(21)22/h1-10H,(H,19,20)(H,21,22).